The summed E-state index contributed by atoms with van der Waals surface area (Å²) in [6, 6.07) is 15.7. The van der Waals surface area contributed by atoms with E-state index in [1.807, 2.05) is 31.2 Å². The number of benzene rings is 3. The van der Waals surface area contributed by atoms with Gasteiger partial charge in [0.25, 0.3) is 5.91 Å². The number of aromatic nitrogens is 2. The minimum absolute atomic E-state index is 0.0602. The molecule has 1 aromatic heterocycles. The number of nitrogens with one attached hydrogen (secondary N) is 2. The van der Waals surface area contributed by atoms with Crippen LogP contribution in [-0.2, 0) is 6.18 Å². The Morgan fingerprint density at radius 3 is 2.51 bits per heavy atom. The maximum Gasteiger partial charge on any atom is 0.416 e. The second-order valence-electron chi connectivity index (χ2n) is 9.29. The molecule has 0 aliphatic heterocycles. The van der Waals surface area contributed by atoms with E-state index in [1.54, 1.807) is 18.3 Å². The fourth-order valence-corrected chi connectivity index (χ4v) is 4.44. The highest BCUT2D eigenvalue weighted by molar-refractivity contribution is 6.05. The van der Waals surface area contributed by atoms with Crippen molar-refractivity contribution in [1.29, 1.82) is 0 Å². The molecule has 0 saturated carbocycles. The molecule has 4 aromatic rings. The maximum absolute atomic E-state index is 13.1. The van der Waals surface area contributed by atoms with Crippen LogP contribution in [0.15, 0.2) is 66.9 Å². The van der Waals surface area contributed by atoms with Crippen molar-refractivity contribution in [2.45, 2.75) is 33.4 Å². The Balaban J connectivity index is 1.49. The number of alkyl halides is 3. The number of fused-ring (bicyclic) bond motifs is 1. The van der Waals surface area contributed by atoms with Gasteiger partial charge in [-0.15, -0.1) is 0 Å². The summed E-state index contributed by atoms with van der Waals surface area (Å²) in [5.74, 6) is -0.0179. The average molecular weight is 536 g/mol. The smallest absolute Gasteiger partial charge is 0.354 e. The van der Waals surface area contributed by atoms with Gasteiger partial charge < -0.3 is 15.5 Å². The number of carbonyl (C=O) groups is 1. The Labute approximate surface area is 226 Å². The van der Waals surface area contributed by atoms with E-state index in [4.69, 9.17) is 0 Å². The minimum Gasteiger partial charge on any atom is -0.354 e. The zero-order valence-corrected chi connectivity index (χ0v) is 22.3. The van der Waals surface area contributed by atoms with Crippen LogP contribution in [0.5, 0.6) is 0 Å². The fourth-order valence-electron chi connectivity index (χ4n) is 4.44. The number of rotatable bonds is 10. The molecule has 3 aromatic carbocycles. The molecular weight excluding hydrogens is 503 g/mol. The molecule has 4 rings (SSSR count). The Morgan fingerprint density at radius 2 is 1.77 bits per heavy atom. The average Bonchev–Trinajstić information content (AvgIpc) is 2.93. The van der Waals surface area contributed by atoms with Gasteiger partial charge in [-0.1, -0.05) is 38.1 Å². The second kappa shape index (κ2) is 12.3. The number of amides is 1. The number of hydrogen-bond acceptors (Lipinski definition) is 5. The molecule has 6 nitrogen and oxygen atoms in total. The first kappa shape index (κ1) is 28.0. The van der Waals surface area contributed by atoms with Crippen molar-refractivity contribution < 1.29 is 18.0 Å². The predicted octanol–water partition coefficient (Wildman–Crippen LogP) is 7.02. The molecule has 1 amide bonds. The van der Waals surface area contributed by atoms with Crippen LogP contribution in [0.1, 0.15) is 41.8 Å². The first-order valence-corrected chi connectivity index (χ1v) is 13.0. The molecule has 0 spiro atoms. The zero-order chi connectivity index (χ0) is 28.0. The number of hydrogen-bond donors (Lipinski definition) is 2. The predicted molar refractivity (Wildman–Crippen MR) is 150 cm³/mol. The molecule has 9 heteroatoms. The fraction of sp³-hybridized carbons (Fsp3) is 0.300. The Hall–Kier alpha value is -3.98. The molecule has 0 radical (unpaired) electrons. The van der Waals surface area contributed by atoms with Crippen molar-refractivity contribution in [2.75, 3.05) is 36.8 Å². The molecule has 2 N–H and O–H groups in total. The Bertz CT molecular complexity index is 1450. The van der Waals surface area contributed by atoms with Crippen LogP contribution in [-0.4, -0.2) is 47.0 Å². The van der Waals surface area contributed by atoms with Crippen LogP contribution in [0, 0.1) is 6.92 Å². The Kier molecular flexibility index (Phi) is 8.81. The highest BCUT2D eigenvalue weighted by atomic mass is 19.4. The summed E-state index contributed by atoms with van der Waals surface area (Å²) in [4.78, 5) is 24.2. The highest BCUT2D eigenvalue weighted by Gasteiger charge is 2.31. The summed E-state index contributed by atoms with van der Waals surface area (Å²) in [5, 5.41) is 6.93. The van der Waals surface area contributed by atoms with E-state index in [2.05, 4.69) is 39.3 Å². The first-order chi connectivity index (χ1) is 18.7. The molecule has 0 fully saturated rings. The summed E-state index contributed by atoms with van der Waals surface area (Å²) in [6.07, 6.45) is -1.73. The van der Waals surface area contributed by atoms with Crippen LogP contribution < -0.4 is 10.6 Å². The number of halogens is 3. The summed E-state index contributed by atoms with van der Waals surface area (Å²) in [7, 11) is 0. The summed E-state index contributed by atoms with van der Waals surface area (Å²) >= 11 is 0. The van der Waals surface area contributed by atoms with Gasteiger partial charge in [0, 0.05) is 29.4 Å². The van der Waals surface area contributed by atoms with E-state index in [9.17, 15) is 18.0 Å². The SMILES string of the molecule is CCN(CC)CCCNc1ncc2cc(-c3cccc(NC(=O)c4cccc(C(F)(F)F)c4)c3C)ccc2n1. The molecule has 0 aliphatic carbocycles. The van der Waals surface area contributed by atoms with Crippen LogP contribution in [0.25, 0.3) is 22.0 Å². The van der Waals surface area contributed by atoms with Crippen molar-refractivity contribution in [3.63, 3.8) is 0 Å². The lowest BCUT2D eigenvalue weighted by Crippen LogP contribution is -2.25. The van der Waals surface area contributed by atoms with Gasteiger partial charge in [-0.2, -0.15) is 13.2 Å². The van der Waals surface area contributed by atoms with Gasteiger partial charge in [0.1, 0.15) is 0 Å². The lowest BCUT2D eigenvalue weighted by molar-refractivity contribution is -0.137. The van der Waals surface area contributed by atoms with Gasteiger partial charge in [0.2, 0.25) is 5.95 Å². The molecule has 0 atom stereocenters. The number of anilines is 2. The van der Waals surface area contributed by atoms with E-state index < -0.39 is 17.6 Å². The van der Waals surface area contributed by atoms with Crippen LogP contribution >= 0.6 is 0 Å². The monoisotopic (exact) mass is 535 g/mol. The number of carbonyl (C=O) groups excluding carboxylic acids is 1. The number of nitrogens with zero attached hydrogens (tertiary/aromatic N) is 3. The second-order valence-corrected chi connectivity index (χ2v) is 9.29. The van der Waals surface area contributed by atoms with Gasteiger partial charge in [0.05, 0.1) is 11.1 Å². The lowest BCUT2D eigenvalue weighted by Gasteiger charge is -2.17. The highest BCUT2D eigenvalue weighted by Crippen LogP contribution is 2.32. The van der Waals surface area contributed by atoms with Crippen LogP contribution in [0.4, 0.5) is 24.8 Å². The van der Waals surface area contributed by atoms with Crippen molar-refractivity contribution in [1.82, 2.24) is 14.9 Å². The van der Waals surface area contributed by atoms with Gasteiger partial charge in [-0.05, 0) is 86.1 Å². The zero-order valence-electron chi connectivity index (χ0n) is 22.3. The lowest BCUT2D eigenvalue weighted by atomic mass is 9.98. The van der Waals surface area contributed by atoms with Crippen molar-refractivity contribution in [3.8, 4) is 11.1 Å². The van der Waals surface area contributed by atoms with E-state index in [0.717, 1.165) is 72.3 Å². The summed E-state index contributed by atoms with van der Waals surface area (Å²) in [6.45, 7) is 10.1. The molecular formula is C30H32F3N5O. The molecule has 0 unspecified atom stereocenters. The van der Waals surface area contributed by atoms with Crippen LogP contribution in [0.2, 0.25) is 0 Å². The maximum atomic E-state index is 13.1. The van der Waals surface area contributed by atoms with Crippen molar-refractivity contribution >= 4 is 28.4 Å². The molecule has 1 heterocycles. The summed E-state index contributed by atoms with van der Waals surface area (Å²) < 4.78 is 39.2. The van der Waals surface area contributed by atoms with Gasteiger partial charge >= 0.3 is 6.18 Å². The standard InChI is InChI=1S/C30H32F3N5O/c1-4-38(5-2)16-8-15-34-29-35-19-23-17-21(13-14-27(23)37-29)25-11-7-12-26(20(25)3)36-28(39)22-9-6-10-24(18-22)30(31,32)33/h6-7,9-14,17-19H,4-5,8,15-16H2,1-3H3,(H,36,39)(H,34,35,37). The molecule has 39 heavy (non-hydrogen) atoms. The summed E-state index contributed by atoms with van der Waals surface area (Å²) in [5.41, 5.74) is 3.01. The normalized spacial score (nSPS) is 11.7. The third kappa shape index (κ3) is 6.92. The third-order valence-corrected chi connectivity index (χ3v) is 6.75. The molecule has 0 saturated heterocycles. The molecule has 204 valence electrons. The largest absolute Gasteiger partial charge is 0.416 e. The van der Waals surface area contributed by atoms with Crippen LogP contribution in [0.3, 0.4) is 0 Å². The molecule has 0 aliphatic rings. The van der Waals surface area contributed by atoms with E-state index in [0.29, 0.717) is 11.6 Å². The molecule has 0 bridgehead atoms. The van der Waals surface area contributed by atoms with E-state index in [1.165, 1.54) is 12.1 Å². The third-order valence-electron chi connectivity index (χ3n) is 6.75. The Morgan fingerprint density at radius 1 is 1.00 bits per heavy atom. The van der Waals surface area contributed by atoms with E-state index >= 15 is 0 Å². The van der Waals surface area contributed by atoms with Gasteiger partial charge in [-0.25, -0.2) is 9.97 Å². The minimum atomic E-state index is -4.52. The van der Waals surface area contributed by atoms with E-state index in [-0.39, 0.29) is 5.56 Å². The quantitative estimate of drug-likeness (QED) is 0.214. The first-order valence-electron chi connectivity index (χ1n) is 13.0. The topological polar surface area (TPSA) is 70.2 Å². The van der Waals surface area contributed by atoms with Gasteiger partial charge in [0.15, 0.2) is 0 Å². The van der Waals surface area contributed by atoms with Gasteiger partial charge in [-0.3, -0.25) is 4.79 Å². The van der Waals surface area contributed by atoms with Crippen molar-refractivity contribution in [3.05, 3.63) is 83.6 Å². The van der Waals surface area contributed by atoms with Crippen molar-refractivity contribution in [2.24, 2.45) is 0 Å².